The molecule has 0 saturated carbocycles. The lowest BCUT2D eigenvalue weighted by atomic mass is 9.96. The molecule has 0 spiro atoms. The van der Waals surface area contributed by atoms with E-state index in [0.717, 1.165) is 44.5 Å². The number of nitrogens with zero attached hydrogens (tertiary/aromatic N) is 3. The van der Waals surface area contributed by atoms with Crippen molar-refractivity contribution in [2.45, 2.75) is 6.54 Å². The number of fused-ring (bicyclic) bond motifs is 2. The van der Waals surface area contributed by atoms with E-state index in [1.54, 1.807) is 12.4 Å². The van der Waals surface area contributed by atoms with Gasteiger partial charge in [-0.2, -0.15) is 0 Å². The molecule has 4 aromatic rings. The van der Waals surface area contributed by atoms with E-state index < -0.39 is 0 Å². The van der Waals surface area contributed by atoms with Crippen LogP contribution in [0, 0.1) is 0 Å². The summed E-state index contributed by atoms with van der Waals surface area (Å²) in [5, 5.41) is 7.01. The van der Waals surface area contributed by atoms with Gasteiger partial charge in [-0.05, 0) is 47.0 Å². The Hall–Kier alpha value is -3.80. The first kappa shape index (κ1) is 16.4. The molecule has 2 N–H and O–H groups in total. The van der Waals surface area contributed by atoms with Crippen LogP contribution in [0.4, 0.5) is 5.82 Å². The Bertz CT molecular complexity index is 1220. The first-order valence-electron chi connectivity index (χ1n) is 9.05. The Morgan fingerprint density at radius 3 is 2.71 bits per heavy atom. The molecule has 2 aromatic carbocycles. The minimum absolute atomic E-state index is 0.0157. The molecular weight excluding hydrogens is 350 g/mol. The van der Waals surface area contributed by atoms with Crippen molar-refractivity contribution in [3.8, 4) is 22.5 Å². The predicted octanol–water partition coefficient (Wildman–Crippen LogP) is 3.64. The molecule has 28 heavy (non-hydrogen) atoms. The van der Waals surface area contributed by atoms with E-state index in [2.05, 4.69) is 26.7 Å². The number of hydrogen-bond acceptors (Lipinski definition) is 5. The van der Waals surface area contributed by atoms with Crippen molar-refractivity contribution in [3.05, 3.63) is 72.1 Å². The van der Waals surface area contributed by atoms with E-state index >= 15 is 0 Å². The number of amides is 1. The summed E-state index contributed by atoms with van der Waals surface area (Å²) in [5.41, 5.74) is 5.59. The number of aromatic nitrogens is 3. The molecule has 136 valence electrons. The zero-order valence-corrected chi connectivity index (χ0v) is 15.2. The minimum atomic E-state index is -0.0157. The molecule has 6 nitrogen and oxygen atoms in total. The van der Waals surface area contributed by atoms with Crippen molar-refractivity contribution < 1.29 is 4.79 Å². The third kappa shape index (κ3) is 2.58. The largest absolute Gasteiger partial charge is 0.373 e. The average Bonchev–Trinajstić information content (AvgIpc) is 3.14. The predicted molar refractivity (Wildman–Crippen MR) is 109 cm³/mol. The Morgan fingerprint density at radius 1 is 1.00 bits per heavy atom. The van der Waals surface area contributed by atoms with Crippen LogP contribution in [-0.4, -0.2) is 27.9 Å². The highest BCUT2D eigenvalue weighted by atomic mass is 16.1. The Labute approximate surface area is 161 Å². The summed E-state index contributed by atoms with van der Waals surface area (Å²) in [6.07, 6.45) is 3.49. The maximum absolute atomic E-state index is 12.0. The maximum atomic E-state index is 12.0. The van der Waals surface area contributed by atoms with Crippen LogP contribution in [0.2, 0.25) is 0 Å². The molecule has 6 heteroatoms. The molecule has 0 unspecified atom stereocenters. The minimum Gasteiger partial charge on any atom is -0.373 e. The highest BCUT2D eigenvalue weighted by Gasteiger charge is 2.22. The van der Waals surface area contributed by atoms with Crippen LogP contribution >= 0.6 is 0 Å². The van der Waals surface area contributed by atoms with Gasteiger partial charge in [0.25, 0.3) is 5.91 Å². The summed E-state index contributed by atoms with van der Waals surface area (Å²) in [4.78, 5) is 25.5. The third-order valence-corrected chi connectivity index (χ3v) is 5.01. The zero-order valence-electron chi connectivity index (χ0n) is 15.2. The van der Waals surface area contributed by atoms with Gasteiger partial charge in [-0.1, -0.05) is 18.2 Å². The highest BCUT2D eigenvalue weighted by Crippen LogP contribution is 2.33. The van der Waals surface area contributed by atoms with Crippen LogP contribution in [0.15, 0.2) is 60.9 Å². The Balaban J connectivity index is 1.68. The maximum Gasteiger partial charge on any atom is 0.251 e. The van der Waals surface area contributed by atoms with Crippen molar-refractivity contribution in [1.29, 1.82) is 0 Å². The first-order chi connectivity index (χ1) is 13.7. The van der Waals surface area contributed by atoms with Crippen molar-refractivity contribution >= 4 is 22.6 Å². The number of nitrogens with one attached hydrogen (secondary N) is 2. The highest BCUT2D eigenvalue weighted by molar-refractivity contribution is 6.01. The number of pyridine rings is 1. The lowest BCUT2D eigenvalue weighted by molar-refractivity contribution is 0.0966. The topological polar surface area (TPSA) is 79.8 Å². The van der Waals surface area contributed by atoms with Gasteiger partial charge in [0.2, 0.25) is 0 Å². The summed E-state index contributed by atoms with van der Waals surface area (Å²) < 4.78 is 0. The van der Waals surface area contributed by atoms with Gasteiger partial charge in [-0.15, -0.1) is 0 Å². The number of carbonyl (C=O) groups excluding carboxylic acids is 1. The van der Waals surface area contributed by atoms with Crippen molar-refractivity contribution in [3.63, 3.8) is 0 Å². The van der Waals surface area contributed by atoms with E-state index in [9.17, 15) is 4.79 Å². The molecular formula is C22H17N5O. The lowest BCUT2D eigenvalue weighted by Crippen LogP contribution is -2.12. The van der Waals surface area contributed by atoms with Crippen LogP contribution in [0.1, 0.15) is 15.9 Å². The second-order valence-electron chi connectivity index (χ2n) is 6.63. The summed E-state index contributed by atoms with van der Waals surface area (Å²) in [6, 6.07) is 15.8. The number of carbonyl (C=O) groups is 1. The normalized spacial score (nSPS) is 12.7. The summed E-state index contributed by atoms with van der Waals surface area (Å²) in [7, 11) is 1.85. The van der Waals surface area contributed by atoms with Gasteiger partial charge in [0.1, 0.15) is 5.82 Å². The van der Waals surface area contributed by atoms with Crippen LogP contribution in [0.5, 0.6) is 0 Å². The van der Waals surface area contributed by atoms with Crippen molar-refractivity contribution in [2.75, 3.05) is 12.4 Å². The van der Waals surface area contributed by atoms with Crippen LogP contribution < -0.4 is 10.6 Å². The molecule has 1 amide bonds. The average molecular weight is 367 g/mol. The fourth-order valence-electron chi connectivity index (χ4n) is 3.64. The zero-order chi connectivity index (χ0) is 19.1. The second-order valence-corrected chi connectivity index (χ2v) is 6.63. The van der Waals surface area contributed by atoms with Gasteiger partial charge in [0.05, 0.1) is 5.52 Å². The van der Waals surface area contributed by atoms with E-state index in [-0.39, 0.29) is 5.91 Å². The van der Waals surface area contributed by atoms with Gasteiger partial charge >= 0.3 is 0 Å². The molecule has 1 aliphatic rings. The summed E-state index contributed by atoms with van der Waals surface area (Å²) >= 11 is 0. The third-order valence-electron chi connectivity index (χ3n) is 5.01. The van der Waals surface area contributed by atoms with Crippen molar-refractivity contribution in [1.82, 2.24) is 20.3 Å². The van der Waals surface area contributed by atoms with Crippen LogP contribution in [-0.2, 0) is 6.54 Å². The second kappa shape index (κ2) is 6.42. The van der Waals surface area contributed by atoms with Gasteiger partial charge in [0.15, 0.2) is 5.82 Å². The summed E-state index contributed by atoms with van der Waals surface area (Å²) in [5.74, 6) is 1.37. The number of benzene rings is 2. The molecule has 0 bridgehead atoms. The monoisotopic (exact) mass is 367 g/mol. The molecule has 3 heterocycles. The summed E-state index contributed by atoms with van der Waals surface area (Å²) in [6.45, 7) is 0.553. The van der Waals surface area contributed by atoms with Crippen LogP contribution in [0.25, 0.3) is 33.4 Å². The SMILES string of the molecule is CNc1nc(-c2cccnc2)nc2ccc(-c3cccc4c3CNC4=O)cc12. The number of rotatable bonds is 3. The molecule has 2 aromatic heterocycles. The quantitative estimate of drug-likeness (QED) is 0.578. The van der Waals surface area contributed by atoms with E-state index in [0.29, 0.717) is 12.4 Å². The van der Waals surface area contributed by atoms with E-state index in [4.69, 9.17) is 4.98 Å². The lowest BCUT2D eigenvalue weighted by Gasteiger charge is -2.11. The number of hydrogen-bond donors (Lipinski definition) is 2. The van der Waals surface area contributed by atoms with Crippen molar-refractivity contribution in [2.24, 2.45) is 0 Å². The molecule has 0 atom stereocenters. The van der Waals surface area contributed by atoms with Gasteiger partial charge in [0, 0.05) is 42.5 Å². The number of anilines is 1. The Morgan fingerprint density at radius 2 is 1.89 bits per heavy atom. The van der Waals surface area contributed by atoms with Gasteiger partial charge in [-0.3, -0.25) is 9.78 Å². The fourth-order valence-corrected chi connectivity index (χ4v) is 3.64. The molecule has 0 aliphatic carbocycles. The molecule has 5 rings (SSSR count). The van der Waals surface area contributed by atoms with Gasteiger partial charge in [-0.25, -0.2) is 9.97 Å². The van der Waals surface area contributed by atoms with E-state index in [1.807, 2.05) is 49.5 Å². The van der Waals surface area contributed by atoms with Crippen LogP contribution in [0.3, 0.4) is 0 Å². The van der Waals surface area contributed by atoms with E-state index in [1.165, 1.54) is 0 Å². The molecule has 0 radical (unpaired) electrons. The molecule has 1 aliphatic heterocycles. The van der Waals surface area contributed by atoms with Gasteiger partial charge < -0.3 is 10.6 Å². The first-order valence-corrected chi connectivity index (χ1v) is 9.05. The Kier molecular flexibility index (Phi) is 3.76. The smallest absolute Gasteiger partial charge is 0.251 e. The molecule has 0 saturated heterocycles. The fraction of sp³-hybridized carbons (Fsp3) is 0.0909. The molecule has 0 fully saturated rings. The standard InChI is InChI=1S/C22H17N5O/c1-23-21-17-10-13(15-5-2-6-16-18(15)12-25-22(16)28)7-8-19(17)26-20(27-21)14-4-3-9-24-11-14/h2-11H,12H2,1H3,(H,25,28)(H,23,26,27).